The number of hydrogen-bond donors (Lipinski definition) is 3. The van der Waals surface area contributed by atoms with Crippen molar-refractivity contribution < 1.29 is 14.7 Å². The molecule has 17 heavy (non-hydrogen) atoms. The lowest BCUT2D eigenvalue weighted by atomic mass is 10.0. The summed E-state index contributed by atoms with van der Waals surface area (Å²) in [5, 5.41) is 11.4. The minimum atomic E-state index is -0.798. The standard InChI is InChI=1S/C12H24N2O3/c1-8(2)7-10(13)11(15)14-6-4-5-9(3)12(16)17/h8-10H,4-7,13H2,1-3H3,(H,14,15)(H,16,17)/t9?,10-/m1/s1. The van der Waals surface area contributed by atoms with E-state index >= 15 is 0 Å². The van der Waals surface area contributed by atoms with Gasteiger partial charge in [-0.25, -0.2) is 0 Å². The van der Waals surface area contributed by atoms with Crippen LogP contribution in [0.3, 0.4) is 0 Å². The van der Waals surface area contributed by atoms with Crippen molar-refractivity contribution in [3.63, 3.8) is 0 Å². The van der Waals surface area contributed by atoms with Gasteiger partial charge in [0.25, 0.3) is 0 Å². The van der Waals surface area contributed by atoms with Gasteiger partial charge in [-0.1, -0.05) is 20.8 Å². The number of carbonyl (C=O) groups is 2. The third-order valence-corrected chi connectivity index (χ3v) is 2.60. The van der Waals surface area contributed by atoms with Crippen LogP contribution in [0, 0.1) is 11.8 Å². The fourth-order valence-corrected chi connectivity index (χ4v) is 1.49. The van der Waals surface area contributed by atoms with E-state index in [4.69, 9.17) is 10.8 Å². The van der Waals surface area contributed by atoms with E-state index in [-0.39, 0.29) is 11.8 Å². The molecule has 0 saturated heterocycles. The summed E-state index contributed by atoms with van der Waals surface area (Å²) in [5.41, 5.74) is 5.70. The molecular formula is C12H24N2O3. The van der Waals surface area contributed by atoms with Crippen LogP contribution >= 0.6 is 0 Å². The van der Waals surface area contributed by atoms with Crippen molar-refractivity contribution in [3.05, 3.63) is 0 Å². The molecule has 0 aromatic rings. The molecule has 1 unspecified atom stereocenters. The van der Waals surface area contributed by atoms with Crippen LogP contribution in [-0.2, 0) is 9.59 Å². The monoisotopic (exact) mass is 244 g/mol. The molecule has 0 aliphatic heterocycles. The topological polar surface area (TPSA) is 92.4 Å². The van der Waals surface area contributed by atoms with Crippen molar-refractivity contribution in [1.29, 1.82) is 0 Å². The van der Waals surface area contributed by atoms with Gasteiger partial charge in [-0.05, 0) is 25.2 Å². The van der Waals surface area contributed by atoms with Gasteiger partial charge >= 0.3 is 5.97 Å². The molecule has 100 valence electrons. The fraction of sp³-hybridized carbons (Fsp3) is 0.833. The van der Waals surface area contributed by atoms with Crippen molar-refractivity contribution >= 4 is 11.9 Å². The van der Waals surface area contributed by atoms with Crippen molar-refractivity contribution in [3.8, 4) is 0 Å². The first-order valence-corrected chi connectivity index (χ1v) is 6.10. The second-order valence-corrected chi connectivity index (χ2v) is 4.91. The van der Waals surface area contributed by atoms with Gasteiger partial charge in [-0.3, -0.25) is 9.59 Å². The Balaban J connectivity index is 3.68. The first-order valence-electron chi connectivity index (χ1n) is 6.10. The van der Waals surface area contributed by atoms with Crippen LogP contribution in [0.5, 0.6) is 0 Å². The van der Waals surface area contributed by atoms with Gasteiger partial charge in [0.1, 0.15) is 0 Å². The molecule has 0 radical (unpaired) electrons. The zero-order chi connectivity index (χ0) is 13.4. The van der Waals surface area contributed by atoms with Gasteiger partial charge in [-0.15, -0.1) is 0 Å². The van der Waals surface area contributed by atoms with Crippen molar-refractivity contribution in [2.75, 3.05) is 6.54 Å². The highest BCUT2D eigenvalue weighted by Crippen LogP contribution is 2.05. The molecule has 1 amide bonds. The summed E-state index contributed by atoms with van der Waals surface area (Å²) in [7, 11) is 0. The molecule has 2 atom stereocenters. The number of rotatable bonds is 8. The maximum atomic E-state index is 11.5. The molecule has 4 N–H and O–H groups in total. The number of aliphatic carboxylic acids is 1. The van der Waals surface area contributed by atoms with E-state index in [1.165, 1.54) is 0 Å². The van der Waals surface area contributed by atoms with Crippen LogP contribution in [0.15, 0.2) is 0 Å². The minimum Gasteiger partial charge on any atom is -0.481 e. The molecule has 0 aromatic carbocycles. The van der Waals surface area contributed by atoms with Gasteiger partial charge in [0.15, 0.2) is 0 Å². The summed E-state index contributed by atoms with van der Waals surface area (Å²) < 4.78 is 0. The second kappa shape index (κ2) is 8.06. The van der Waals surface area contributed by atoms with Crippen LogP contribution < -0.4 is 11.1 Å². The Morgan fingerprint density at radius 2 is 1.88 bits per heavy atom. The number of carbonyl (C=O) groups excluding carboxylic acids is 1. The molecule has 5 heteroatoms. The first kappa shape index (κ1) is 15.9. The van der Waals surface area contributed by atoms with Gasteiger partial charge in [0.2, 0.25) is 5.91 Å². The lowest BCUT2D eigenvalue weighted by Crippen LogP contribution is -2.41. The maximum Gasteiger partial charge on any atom is 0.306 e. The van der Waals surface area contributed by atoms with E-state index in [0.29, 0.717) is 31.7 Å². The number of nitrogens with one attached hydrogen (secondary N) is 1. The van der Waals surface area contributed by atoms with E-state index in [0.717, 1.165) is 0 Å². The molecule has 0 heterocycles. The van der Waals surface area contributed by atoms with E-state index in [9.17, 15) is 9.59 Å². The molecule has 0 aromatic heterocycles. The van der Waals surface area contributed by atoms with E-state index in [1.807, 2.05) is 13.8 Å². The smallest absolute Gasteiger partial charge is 0.306 e. The Kier molecular flexibility index (Phi) is 7.54. The zero-order valence-corrected chi connectivity index (χ0v) is 10.9. The third-order valence-electron chi connectivity index (χ3n) is 2.60. The van der Waals surface area contributed by atoms with Gasteiger partial charge in [0.05, 0.1) is 12.0 Å². The summed E-state index contributed by atoms with van der Waals surface area (Å²) >= 11 is 0. The van der Waals surface area contributed by atoms with Crippen LogP contribution in [0.2, 0.25) is 0 Å². The Bertz CT molecular complexity index is 254. The average molecular weight is 244 g/mol. The molecule has 0 aliphatic rings. The molecule has 0 spiro atoms. The quantitative estimate of drug-likeness (QED) is 0.555. The fourth-order valence-electron chi connectivity index (χ4n) is 1.49. The van der Waals surface area contributed by atoms with Crippen molar-refractivity contribution in [2.24, 2.45) is 17.6 Å². The number of carboxylic acid groups (broad SMARTS) is 1. The normalized spacial score (nSPS) is 14.4. The van der Waals surface area contributed by atoms with Crippen LogP contribution in [0.25, 0.3) is 0 Å². The van der Waals surface area contributed by atoms with Gasteiger partial charge < -0.3 is 16.2 Å². The number of nitrogens with two attached hydrogens (primary N) is 1. The summed E-state index contributed by atoms with van der Waals surface area (Å²) in [6.07, 6.45) is 1.89. The summed E-state index contributed by atoms with van der Waals surface area (Å²) in [5.74, 6) is -0.923. The van der Waals surface area contributed by atoms with Crippen molar-refractivity contribution in [1.82, 2.24) is 5.32 Å². The molecule has 0 rings (SSSR count). The van der Waals surface area contributed by atoms with Crippen LogP contribution in [0.1, 0.15) is 40.0 Å². The Morgan fingerprint density at radius 3 is 2.35 bits per heavy atom. The van der Waals surface area contributed by atoms with E-state index in [1.54, 1.807) is 6.92 Å². The third kappa shape index (κ3) is 7.74. The molecular weight excluding hydrogens is 220 g/mol. The molecule has 5 nitrogen and oxygen atoms in total. The lowest BCUT2D eigenvalue weighted by molar-refractivity contribution is -0.141. The highest BCUT2D eigenvalue weighted by Gasteiger charge is 2.15. The molecule has 0 fully saturated rings. The minimum absolute atomic E-state index is 0.151. The Hall–Kier alpha value is -1.10. The first-order chi connectivity index (χ1) is 7.84. The van der Waals surface area contributed by atoms with Crippen LogP contribution in [0.4, 0.5) is 0 Å². The van der Waals surface area contributed by atoms with Gasteiger partial charge in [0, 0.05) is 6.54 Å². The molecule has 0 saturated carbocycles. The maximum absolute atomic E-state index is 11.5. The van der Waals surface area contributed by atoms with Crippen LogP contribution in [-0.4, -0.2) is 29.6 Å². The van der Waals surface area contributed by atoms with Gasteiger partial charge in [-0.2, -0.15) is 0 Å². The van der Waals surface area contributed by atoms with Crippen molar-refractivity contribution in [2.45, 2.75) is 46.1 Å². The van der Waals surface area contributed by atoms with E-state index < -0.39 is 12.0 Å². The highest BCUT2D eigenvalue weighted by atomic mass is 16.4. The number of amides is 1. The summed E-state index contributed by atoms with van der Waals surface area (Å²) in [6, 6.07) is -0.466. The Labute approximate surface area is 103 Å². The largest absolute Gasteiger partial charge is 0.481 e. The SMILES string of the molecule is CC(C)C[C@@H](N)C(=O)NCCCC(C)C(=O)O. The molecule has 0 aliphatic carbocycles. The Morgan fingerprint density at radius 1 is 1.29 bits per heavy atom. The number of carboxylic acids is 1. The predicted octanol–water partition coefficient (Wildman–Crippen LogP) is 0.977. The number of hydrogen-bond acceptors (Lipinski definition) is 3. The molecule has 0 bridgehead atoms. The lowest BCUT2D eigenvalue weighted by Gasteiger charge is -2.14. The second-order valence-electron chi connectivity index (χ2n) is 4.91. The zero-order valence-electron chi connectivity index (χ0n) is 10.9. The highest BCUT2D eigenvalue weighted by molar-refractivity contribution is 5.81. The predicted molar refractivity (Wildman–Crippen MR) is 66.5 cm³/mol. The summed E-state index contributed by atoms with van der Waals surface area (Å²) in [4.78, 5) is 22.1. The average Bonchev–Trinajstić information content (AvgIpc) is 2.22. The van der Waals surface area contributed by atoms with E-state index in [2.05, 4.69) is 5.32 Å². The summed E-state index contributed by atoms with van der Waals surface area (Å²) in [6.45, 7) is 6.18.